The Balaban J connectivity index is 0.000000218. The predicted octanol–water partition coefficient (Wildman–Crippen LogP) is 3.18. The molecular weight excluding hydrogens is 136 g/mol. The van der Waals surface area contributed by atoms with E-state index in [-0.39, 0.29) is 5.78 Å². The van der Waals surface area contributed by atoms with Crippen LogP contribution in [-0.2, 0) is 4.79 Å². The Morgan fingerprint density at radius 3 is 1.64 bits per heavy atom. The van der Waals surface area contributed by atoms with Crippen molar-refractivity contribution in [2.45, 2.75) is 52.9 Å². The first-order valence-electron chi connectivity index (χ1n) is 4.60. The fourth-order valence-electron chi connectivity index (χ4n) is 1.31. The zero-order chi connectivity index (χ0) is 8.69. The van der Waals surface area contributed by atoms with Crippen LogP contribution in [0.4, 0.5) is 0 Å². The van der Waals surface area contributed by atoms with Crippen molar-refractivity contribution < 1.29 is 4.79 Å². The van der Waals surface area contributed by atoms with Crippen LogP contribution in [0.2, 0.25) is 0 Å². The van der Waals surface area contributed by atoms with Crippen LogP contribution in [0, 0.1) is 5.92 Å². The largest absolute Gasteiger partial charge is 0.300 e. The average molecular weight is 156 g/mol. The second kappa shape index (κ2) is 6.38. The third-order valence-corrected chi connectivity index (χ3v) is 1.89. The normalized spacial score (nSPS) is 18.5. The number of carbonyl (C=O) groups is 1. The van der Waals surface area contributed by atoms with Gasteiger partial charge in [-0.1, -0.05) is 39.0 Å². The van der Waals surface area contributed by atoms with Crippen LogP contribution in [0.25, 0.3) is 0 Å². The maximum absolute atomic E-state index is 9.44. The van der Waals surface area contributed by atoms with Gasteiger partial charge in [0.15, 0.2) is 0 Å². The van der Waals surface area contributed by atoms with Crippen LogP contribution in [-0.4, -0.2) is 5.78 Å². The van der Waals surface area contributed by atoms with Gasteiger partial charge in [0.25, 0.3) is 0 Å². The summed E-state index contributed by atoms with van der Waals surface area (Å²) in [4.78, 5) is 9.44. The molecule has 1 fully saturated rings. The molecule has 0 aromatic heterocycles. The number of carbonyl (C=O) groups excluding carboxylic acids is 1. The van der Waals surface area contributed by atoms with E-state index in [0.29, 0.717) is 0 Å². The average Bonchev–Trinajstić information content (AvgIpc) is 1.87. The van der Waals surface area contributed by atoms with Crippen molar-refractivity contribution in [3.63, 3.8) is 0 Å². The minimum atomic E-state index is 0.167. The van der Waals surface area contributed by atoms with Gasteiger partial charge in [-0.05, 0) is 19.8 Å². The van der Waals surface area contributed by atoms with Crippen LogP contribution >= 0.6 is 0 Å². The number of hydrogen-bond donors (Lipinski definition) is 0. The Kier molecular flexibility index (Phi) is 6.19. The summed E-state index contributed by atoms with van der Waals surface area (Å²) in [5, 5.41) is 0. The van der Waals surface area contributed by atoms with E-state index in [1.165, 1.54) is 46.0 Å². The molecule has 1 rings (SSSR count). The molecule has 66 valence electrons. The molecule has 1 aliphatic rings. The molecule has 1 nitrogen and oxygen atoms in total. The highest BCUT2D eigenvalue weighted by Gasteiger charge is 2.05. The van der Waals surface area contributed by atoms with Crippen LogP contribution < -0.4 is 0 Å². The summed E-state index contributed by atoms with van der Waals surface area (Å²) in [6, 6.07) is 0. The van der Waals surface area contributed by atoms with Crippen LogP contribution in [0.5, 0.6) is 0 Å². The third kappa shape index (κ3) is 9.67. The smallest absolute Gasteiger partial charge is 0.126 e. The molecular formula is C10H20O. The number of rotatable bonds is 0. The van der Waals surface area contributed by atoms with Crippen molar-refractivity contribution >= 4 is 5.78 Å². The fourth-order valence-corrected chi connectivity index (χ4v) is 1.31. The van der Waals surface area contributed by atoms with Gasteiger partial charge in [0.05, 0.1) is 0 Å². The van der Waals surface area contributed by atoms with Crippen molar-refractivity contribution in [1.82, 2.24) is 0 Å². The van der Waals surface area contributed by atoms with E-state index < -0.39 is 0 Å². The second-order valence-corrected chi connectivity index (χ2v) is 3.65. The first-order chi connectivity index (χ1) is 5.13. The standard InChI is InChI=1S/C7H14.C3H6O/c1-7-5-3-2-4-6-7;1-3(2)4/h7H,2-6H2,1H3;1-2H3. The maximum atomic E-state index is 9.44. The Labute approximate surface area is 70.2 Å². The highest BCUT2D eigenvalue weighted by molar-refractivity contribution is 5.72. The van der Waals surface area contributed by atoms with E-state index in [1.54, 1.807) is 0 Å². The van der Waals surface area contributed by atoms with Gasteiger partial charge in [0.1, 0.15) is 5.78 Å². The van der Waals surface area contributed by atoms with E-state index in [2.05, 4.69) is 6.92 Å². The van der Waals surface area contributed by atoms with E-state index >= 15 is 0 Å². The SMILES string of the molecule is CC(C)=O.CC1CCCCC1. The van der Waals surface area contributed by atoms with Gasteiger partial charge in [-0.2, -0.15) is 0 Å². The van der Waals surface area contributed by atoms with Gasteiger partial charge < -0.3 is 4.79 Å². The van der Waals surface area contributed by atoms with Gasteiger partial charge in [-0.15, -0.1) is 0 Å². The van der Waals surface area contributed by atoms with Crippen LogP contribution in [0.3, 0.4) is 0 Å². The van der Waals surface area contributed by atoms with Gasteiger partial charge >= 0.3 is 0 Å². The second-order valence-electron chi connectivity index (χ2n) is 3.65. The van der Waals surface area contributed by atoms with Gasteiger partial charge in [-0.25, -0.2) is 0 Å². The molecule has 0 atom stereocenters. The number of ketones is 1. The molecule has 1 aliphatic carbocycles. The van der Waals surface area contributed by atoms with Crippen molar-refractivity contribution in [1.29, 1.82) is 0 Å². The fraction of sp³-hybridized carbons (Fsp3) is 0.900. The lowest BCUT2D eigenvalue weighted by molar-refractivity contribution is -0.114. The molecule has 0 heterocycles. The highest BCUT2D eigenvalue weighted by Crippen LogP contribution is 2.21. The zero-order valence-corrected chi connectivity index (χ0v) is 8.02. The van der Waals surface area contributed by atoms with Gasteiger partial charge in [-0.3, -0.25) is 0 Å². The van der Waals surface area contributed by atoms with Gasteiger partial charge in [0.2, 0.25) is 0 Å². The zero-order valence-electron chi connectivity index (χ0n) is 8.02. The van der Waals surface area contributed by atoms with E-state index in [9.17, 15) is 4.79 Å². The van der Waals surface area contributed by atoms with Gasteiger partial charge in [0, 0.05) is 0 Å². The summed E-state index contributed by atoms with van der Waals surface area (Å²) in [5.74, 6) is 1.20. The van der Waals surface area contributed by atoms with Crippen LogP contribution in [0.15, 0.2) is 0 Å². The molecule has 0 bridgehead atoms. The summed E-state index contributed by atoms with van der Waals surface area (Å²) in [7, 11) is 0. The summed E-state index contributed by atoms with van der Waals surface area (Å²) in [5.41, 5.74) is 0. The lowest BCUT2D eigenvalue weighted by atomic mass is 9.91. The highest BCUT2D eigenvalue weighted by atomic mass is 16.1. The Hall–Kier alpha value is -0.330. The summed E-state index contributed by atoms with van der Waals surface area (Å²) in [6.07, 6.45) is 7.44. The van der Waals surface area contributed by atoms with E-state index in [1.807, 2.05) is 0 Å². The first-order valence-corrected chi connectivity index (χ1v) is 4.60. The quantitative estimate of drug-likeness (QED) is 0.526. The molecule has 0 N–H and O–H groups in total. The molecule has 0 radical (unpaired) electrons. The molecule has 1 saturated carbocycles. The number of hydrogen-bond acceptors (Lipinski definition) is 1. The Morgan fingerprint density at radius 1 is 1.09 bits per heavy atom. The van der Waals surface area contributed by atoms with Crippen molar-refractivity contribution in [3.05, 3.63) is 0 Å². The van der Waals surface area contributed by atoms with Crippen molar-refractivity contribution in [2.24, 2.45) is 5.92 Å². The topological polar surface area (TPSA) is 17.1 Å². The van der Waals surface area contributed by atoms with Crippen LogP contribution in [0.1, 0.15) is 52.9 Å². The lowest BCUT2D eigenvalue weighted by Crippen LogP contribution is -1.99. The molecule has 0 aromatic rings. The minimum Gasteiger partial charge on any atom is -0.300 e. The maximum Gasteiger partial charge on any atom is 0.126 e. The van der Waals surface area contributed by atoms with E-state index in [0.717, 1.165) is 5.92 Å². The third-order valence-electron chi connectivity index (χ3n) is 1.89. The van der Waals surface area contributed by atoms with E-state index in [4.69, 9.17) is 0 Å². The molecule has 0 saturated heterocycles. The molecule has 0 aliphatic heterocycles. The molecule has 0 amide bonds. The Morgan fingerprint density at radius 2 is 1.45 bits per heavy atom. The first kappa shape index (κ1) is 10.7. The number of Topliss-reactive ketones (excluding diaryl/α,β-unsaturated/α-hetero) is 1. The predicted molar refractivity (Wildman–Crippen MR) is 48.6 cm³/mol. The molecule has 1 heteroatoms. The van der Waals surface area contributed by atoms with Crippen molar-refractivity contribution in [3.8, 4) is 0 Å². The lowest BCUT2D eigenvalue weighted by Gasteiger charge is -2.15. The minimum absolute atomic E-state index is 0.167. The summed E-state index contributed by atoms with van der Waals surface area (Å²) in [6.45, 7) is 5.42. The monoisotopic (exact) mass is 156 g/mol. The van der Waals surface area contributed by atoms with Crippen molar-refractivity contribution in [2.75, 3.05) is 0 Å². The molecule has 0 aromatic carbocycles. The summed E-state index contributed by atoms with van der Waals surface area (Å²) < 4.78 is 0. The molecule has 0 unspecified atom stereocenters. The Bertz CT molecular complexity index is 97.4. The molecule has 0 spiro atoms. The summed E-state index contributed by atoms with van der Waals surface area (Å²) >= 11 is 0. The molecule has 11 heavy (non-hydrogen) atoms.